The molecule has 1 aromatic carbocycles. The molecule has 0 amide bonds. The number of aromatic nitrogens is 2. The number of hydrogen-bond acceptors (Lipinski definition) is 3. The van der Waals surface area contributed by atoms with Gasteiger partial charge in [-0.2, -0.15) is 10.2 Å². The van der Waals surface area contributed by atoms with E-state index in [0.29, 0.717) is 6.42 Å². The number of halogens is 1. The Balaban J connectivity index is 2.18. The maximum atomic E-state index is 10.3. The summed E-state index contributed by atoms with van der Waals surface area (Å²) in [7, 11) is 0. The Kier molecular flexibility index (Phi) is 4.09. The van der Waals surface area contributed by atoms with Crippen molar-refractivity contribution in [2.75, 3.05) is 0 Å². The molecule has 0 saturated heterocycles. The first-order chi connectivity index (χ1) is 8.56. The smallest absolute Gasteiger partial charge is 0.0849 e. The number of aryl methyl sites for hydroxylation is 2. The highest BCUT2D eigenvalue weighted by Gasteiger charge is 2.13. The molecule has 94 valence electrons. The molecule has 2 aromatic rings. The van der Waals surface area contributed by atoms with E-state index in [2.05, 4.69) is 26.1 Å². The summed E-state index contributed by atoms with van der Waals surface area (Å²) in [5, 5.41) is 18.3. The summed E-state index contributed by atoms with van der Waals surface area (Å²) >= 11 is 3.40. The summed E-state index contributed by atoms with van der Waals surface area (Å²) in [5.41, 5.74) is 3.56. The van der Waals surface area contributed by atoms with Crippen molar-refractivity contribution in [1.29, 1.82) is 0 Å². The minimum Gasteiger partial charge on any atom is -0.388 e. The first kappa shape index (κ1) is 13.2. The van der Waals surface area contributed by atoms with Gasteiger partial charge in [0.1, 0.15) is 0 Å². The highest BCUT2D eigenvalue weighted by Crippen LogP contribution is 2.21. The molecule has 1 aromatic heterocycles. The second-order valence-corrected chi connectivity index (χ2v) is 5.29. The Bertz CT molecular complexity index is 540. The Morgan fingerprint density at radius 1 is 1.17 bits per heavy atom. The van der Waals surface area contributed by atoms with Crippen LogP contribution in [0, 0.1) is 13.8 Å². The third-order valence-corrected chi connectivity index (χ3v) is 3.37. The Hall–Kier alpha value is -1.26. The zero-order valence-corrected chi connectivity index (χ0v) is 12.0. The second kappa shape index (κ2) is 5.59. The van der Waals surface area contributed by atoms with Crippen LogP contribution in [0.2, 0.25) is 0 Å². The van der Waals surface area contributed by atoms with E-state index in [1.54, 1.807) is 0 Å². The van der Waals surface area contributed by atoms with Crippen LogP contribution in [0.4, 0.5) is 0 Å². The van der Waals surface area contributed by atoms with Gasteiger partial charge in [0.15, 0.2) is 0 Å². The van der Waals surface area contributed by atoms with Gasteiger partial charge in [-0.05, 0) is 37.6 Å². The number of aliphatic hydroxyl groups excluding tert-OH is 1. The van der Waals surface area contributed by atoms with Crippen molar-refractivity contribution in [3.63, 3.8) is 0 Å². The molecule has 0 aliphatic heterocycles. The quantitative estimate of drug-likeness (QED) is 0.947. The molecule has 0 aliphatic carbocycles. The predicted molar refractivity (Wildman–Crippen MR) is 74.3 cm³/mol. The summed E-state index contributed by atoms with van der Waals surface area (Å²) < 4.78 is 1.04. The van der Waals surface area contributed by atoms with E-state index in [0.717, 1.165) is 27.0 Å². The van der Waals surface area contributed by atoms with Gasteiger partial charge < -0.3 is 5.11 Å². The largest absolute Gasteiger partial charge is 0.388 e. The van der Waals surface area contributed by atoms with E-state index < -0.39 is 6.10 Å². The number of rotatable bonds is 3. The summed E-state index contributed by atoms with van der Waals surface area (Å²) in [4.78, 5) is 0. The van der Waals surface area contributed by atoms with Crippen LogP contribution in [-0.2, 0) is 6.42 Å². The molecular formula is C14H15BrN2O. The van der Waals surface area contributed by atoms with Gasteiger partial charge in [-0.15, -0.1) is 0 Å². The standard InChI is InChI=1S/C14H15BrN2O/c1-9-7-13(10(2)17-16-9)14(18)8-11-3-5-12(15)6-4-11/h3-7,14,18H,8H2,1-2H3. The topological polar surface area (TPSA) is 46.0 Å². The van der Waals surface area contributed by atoms with Gasteiger partial charge in [0.25, 0.3) is 0 Å². The number of nitrogens with zero attached hydrogens (tertiary/aromatic N) is 2. The fourth-order valence-electron chi connectivity index (χ4n) is 1.86. The normalized spacial score (nSPS) is 12.4. The maximum Gasteiger partial charge on any atom is 0.0849 e. The van der Waals surface area contributed by atoms with Crippen molar-refractivity contribution in [2.24, 2.45) is 0 Å². The highest BCUT2D eigenvalue weighted by molar-refractivity contribution is 9.10. The average Bonchev–Trinajstić information content (AvgIpc) is 2.35. The van der Waals surface area contributed by atoms with Crippen LogP contribution in [0.5, 0.6) is 0 Å². The molecule has 1 N–H and O–H groups in total. The lowest BCUT2D eigenvalue weighted by Crippen LogP contribution is -2.07. The summed E-state index contributed by atoms with van der Waals surface area (Å²) in [6, 6.07) is 9.86. The third-order valence-electron chi connectivity index (χ3n) is 2.84. The van der Waals surface area contributed by atoms with Crippen LogP contribution < -0.4 is 0 Å². The molecule has 0 radical (unpaired) electrons. The van der Waals surface area contributed by atoms with Crippen LogP contribution >= 0.6 is 15.9 Å². The van der Waals surface area contributed by atoms with Gasteiger partial charge in [-0.25, -0.2) is 0 Å². The lowest BCUT2D eigenvalue weighted by molar-refractivity contribution is 0.177. The molecule has 1 heterocycles. The Labute approximate surface area is 115 Å². The molecule has 1 atom stereocenters. The van der Waals surface area contributed by atoms with E-state index in [1.807, 2.05) is 44.2 Å². The van der Waals surface area contributed by atoms with Gasteiger partial charge in [0.05, 0.1) is 17.5 Å². The predicted octanol–water partition coefficient (Wildman–Crippen LogP) is 3.13. The van der Waals surface area contributed by atoms with Crippen molar-refractivity contribution in [3.05, 3.63) is 57.3 Å². The van der Waals surface area contributed by atoms with E-state index in [9.17, 15) is 5.11 Å². The van der Waals surface area contributed by atoms with Crippen molar-refractivity contribution in [1.82, 2.24) is 10.2 Å². The van der Waals surface area contributed by atoms with E-state index in [-0.39, 0.29) is 0 Å². The first-order valence-electron chi connectivity index (χ1n) is 5.79. The van der Waals surface area contributed by atoms with Crippen LogP contribution in [0.15, 0.2) is 34.8 Å². The lowest BCUT2D eigenvalue weighted by Gasteiger charge is -2.13. The molecule has 0 spiro atoms. The fourth-order valence-corrected chi connectivity index (χ4v) is 2.13. The van der Waals surface area contributed by atoms with Crippen molar-refractivity contribution >= 4 is 15.9 Å². The third kappa shape index (κ3) is 3.15. The van der Waals surface area contributed by atoms with Gasteiger partial charge in [-0.3, -0.25) is 0 Å². The van der Waals surface area contributed by atoms with Crippen molar-refractivity contribution < 1.29 is 5.11 Å². The van der Waals surface area contributed by atoms with Gasteiger partial charge in [-0.1, -0.05) is 28.1 Å². The van der Waals surface area contributed by atoms with E-state index in [1.165, 1.54) is 0 Å². The van der Waals surface area contributed by atoms with Gasteiger partial charge in [0.2, 0.25) is 0 Å². The monoisotopic (exact) mass is 306 g/mol. The second-order valence-electron chi connectivity index (χ2n) is 4.37. The number of benzene rings is 1. The average molecular weight is 307 g/mol. The zero-order chi connectivity index (χ0) is 13.1. The molecule has 3 nitrogen and oxygen atoms in total. The van der Waals surface area contributed by atoms with Crippen LogP contribution in [0.25, 0.3) is 0 Å². The number of hydrogen-bond donors (Lipinski definition) is 1. The van der Waals surface area contributed by atoms with Crippen molar-refractivity contribution in [3.8, 4) is 0 Å². The number of aliphatic hydroxyl groups is 1. The highest BCUT2D eigenvalue weighted by atomic mass is 79.9. The molecule has 0 fully saturated rings. The molecule has 0 bridgehead atoms. The van der Waals surface area contributed by atoms with Gasteiger partial charge >= 0.3 is 0 Å². The summed E-state index contributed by atoms with van der Waals surface area (Å²) in [6.07, 6.45) is 0.0413. The van der Waals surface area contributed by atoms with Crippen LogP contribution in [0.3, 0.4) is 0 Å². The van der Waals surface area contributed by atoms with E-state index in [4.69, 9.17) is 0 Å². The van der Waals surface area contributed by atoms with Crippen LogP contribution in [-0.4, -0.2) is 15.3 Å². The Morgan fingerprint density at radius 2 is 1.83 bits per heavy atom. The maximum absolute atomic E-state index is 10.3. The van der Waals surface area contributed by atoms with Gasteiger partial charge in [0, 0.05) is 16.5 Å². The van der Waals surface area contributed by atoms with E-state index >= 15 is 0 Å². The molecular weight excluding hydrogens is 292 g/mol. The molecule has 18 heavy (non-hydrogen) atoms. The minimum atomic E-state index is -0.541. The van der Waals surface area contributed by atoms with Crippen LogP contribution in [0.1, 0.15) is 28.6 Å². The molecule has 0 aliphatic rings. The Morgan fingerprint density at radius 3 is 2.50 bits per heavy atom. The first-order valence-corrected chi connectivity index (χ1v) is 6.59. The fraction of sp³-hybridized carbons (Fsp3) is 0.286. The lowest BCUT2D eigenvalue weighted by atomic mass is 10.0. The molecule has 0 saturated carbocycles. The SMILES string of the molecule is Cc1cc(C(O)Cc2ccc(Br)cc2)c(C)nn1. The minimum absolute atomic E-state index is 0.541. The van der Waals surface area contributed by atoms with Crippen molar-refractivity contribution in [2.45, 2.75) is 26.4 Å². The molecule has 2 rings (SSSR count). The summed E-state index contributed by atoms with van der Waals surface area (Å²) in [5.74, 6) is 0. The summed E-state index contributed by atoms with van der Waals surface area (Å²) in [6.45, 7) is 3.74. The zero-order valence-electron chi connectivity index (χ0n) is 10.4. The molecule has 1 unspecified atom stereocenters. The molecule has 4 heteroatoms.